The van der Waals surface area contributed by atoms with Gasteiger partial charge in [0.2, 0.25) is 5.91 Å². The van der Waals surface area contributed by atoms with Crippen molar-refractivity contribution < 1.29 is 4.79 Å². The van der Waals surface area contributed by atoms with E-state index in [0.29, 0.717) is 0 Å². The fraction of sp³-hybridized carbons (Fsp3) is 0.583. The van der Waals surface area contributed by atoms with Gasteiger partial charge in [-0.15, -0.1) is 11.3 Å². The molecule has 17 heavy (non-hydrogen) atoms. The molecule has 0 bridgehead atoms. The summed E-state index contributed by atoms with van der Waals surface area (Å²) in [5.41, 5.74) is -1.00. The van der Waals surface area contributed by atoms with Crippen LogP contribution in [-0.2, 0) is 11.2 Å². The highest BCUT2D eigenvalue weighted by Crippen LogP contribution is 2.22. The highest BCUT2D eigenvalue weighted by molar-refractivity contribution is 7.11. The molecule has 0 aromatic carbocycles. The predicted octanol–water partition coefficient (Wildman–Crippen LogP) is 2.43. The molecule has 0 aliphatic rings. The summed E-state index contributed by atoms with van der Waals surface area (Å²) in [6, 6.07) is 1.83. The van der Waals surface area contributed by atoms with Gasteiger partial charge in [-0.05, 0) is 27.2 Å². The zero-order valence-electron chi connectivity index (χ0n) is 10.6. The predicted molar refractivity (Wildman–Crippen MR) is 67.4 cm³/mol. The first-order valence-corrected chi connectivity index (χ1v) is 6.39. The SMILES string of the molecule is CCc1cnc(C(C)NC(=O)C(C)(C)C#N)s1. The minimum Gasteiger partial charge on any atom is -0.346 e. The van der Waals surface area contributed by atoms with Gasteiger partial charge in [0.1, 0.15) is 10.4 Å². The minimum absolute atomic E-state index is 0.152. The number of nitrogens with zero attached hydrogens (tertiary/aromatic N) is 2. The summed E-state index contributed by atoms with van der Waals surface area (Å²) in [6.45, 7) is 7.16. The number of carbonyl (C=O) groups is 1. The van der Waals surface area contributed by atoms with Crippen molar-refractivity contribution in [2.24, 2.45) is 5.41 Å². The molecule has 0 saturated carbocycles. The van der Waals surface area contributed by atoms with E-state index in [1.54, 1.807) is 25.2 Å². The van der Waals surface area contributed by atoms with Crippen molar-refractivity contribution in [2.45, 2.75) is 40.2 Å². The Hall–Kier alpha value is -1.41. The van der Waals surface area contributed by atoms with Gasteiger partial charge in [-0.25, -0.2) is 4.98 Å². The average Bonchev–Trinajstić information content (AvgIpc) is 2.77. The lowest BCUT2D eigenvalue weighted by Gasteiger charge is -2.18. The molecule has 0 saturated heterocycles. The van der Waals surface area contributed by atoms with Crippen LogP contribution in [0.1, 0.15) is 43.6 Å². The van der Waals surface area contributed by atoms with E-state index in [9.17, 15) is 4.79 Å². The van der Waals surface area contributed by atoms with Crippen molar-refractivity contribution >= 4 is 17.2 Å². The van der Waals surface area contributed by atoms with Crippen LogP contribution in [0.2, 0.25) is 0 Å². The molecule has 0 spiro atoms. The molecule has 0 aliphatic heterocycles. The molecule has 92 valence electrons. The van der Waals surface area contributed by atoms with Gasteiger partial charge in [0.05, 0.1) is 12.1 Å². The van der Waals surface area contributed by atoms with E-state index in [2.05, 4.69) is 17.2 Å². The first-order chi connectivity index (χ1) is 7.90. The quantitative estimate of drug-likeness (QED) is 0.893. The number of rotatable bonds is 4. The van der Waals surface area contributed by atoms with Crippen molar-refractivity contribution in [3.8, 4) is 6.07 Å². The van der Waals surface area contributed by atoms with E-state index in [-0.39, 0.29) is 11.9 Å². The lowest BCUT2D eigenvalue weighted by Crippen LogP contribution is -2.37. The van der Waals surface area contributed by atoms with Gasteiger partial charge in [0.15, 0.2) is 0 Å². The van der Waals surface area contributed by atoms with Gasteiger partial charge in [0, 0.05) is 11.1 Å². The molecule has 1 unspecified atom stereocenters. The second-order valence-electron chi connectivity index (χ2n) is 4.45. The van der Waals surface area contributed by atoms with Gasteiger partial charge in [-0.1, -0.05) is 6.92 Å². The smallest absolute Gasteiger partial charge is 0.240 e. The van der Waals surface area contributed by atoms with Crippen LogP contribution in [0.15, 0.2) is 6.20 Å². The molecule has 0 aliphatic carbocycles. The van der Waals surface area contributed by atoms with E-state index in [4.69, 9.17) is 5.26 Å². The van der Waals surface area contributed by atoms with Crippen LogP contribution in [0.4, 0.5) is 0 Å². The molecule has 1 heterocycles. The maximum absolute atomic E-state index is 11.8. The highest BCUT2D eigenvalue weighted by Gasteiger charge is 2.28. The molecule has 1 rings (SSSR count). The summed E-state index contributed by atoms with van der Waals surface area (Å²) in [5.74, 6) is -0.263. The number of carbonyl (C=O) groups excluding carboxylic acids is 1. The van der Waals surface area contributed by atoms with Crippen molar-refractivity contribution in [1.82, 2.24) is 10.3 Å². The van der Waals surface area contributed by atoms with Crippen LogP contribution in [-0.4, -0.2) is 10.9 Å². The third-order valence-corrected chi connectivity index (χ3v) is 3.81. The van der Waals surface area contributed by atoms with Gasteiger partial charge in [-0.2, -0.15) is 5.26 Å². The number of amides is 1. The normalized spacial score (nSPS) is 12.9. The molecule has 0 fully saturated rings. The molecule has 5 heteroatoms. The maximum Gasteiger partial charge on any atom is 0.240 e. The fourth-order valence-electron chi connectivity index (χ4n) is 1.18. The van der Waals surface area contributed by atoms with Crippen LogP contribution >= 0.6 is 11.3 Å². The Labute approximate surface area is 106 Å². The Morgan fingerprint density at radius 1 is 1.71 bits per heavy atom. The summed E-state index contributed by atoms with van der Waals surface area (Å²) in [7, 11) is 0. The molecule has 1 atom stereocenters. The molecule has 0 radical (unpaired) electrons. The van der Waals surface area contributed by atoms with E-state index >= 15 is 0 Å². The summed E-state index contributed by atoms with van der Waals surface area (Å²) in [4.78, 5) is 17.3. The number of hydrogen-bond donors (Lipinski definition) is 1. The Morgan fingerprint density at radius 2 is 2.35 bits per heavy atom. The summed E-state index contributed by atoms with van der Waals surface area (Å²) < 4.78 is 0. The van der Waals surface area contributed by atoms with Gasteiger partial charge in [-0.3, -0.25) is 4.79 Å². The highest BCUT2D eigenvalue weighted by atomic mass is 32.1. The number of thiazole rings is 1. The van der Waals surface area contributed by atoms with Gasteiger partial charge >= 0.3 is 0 Å². The second kappa shape index (κ2) is 5.28. The number of nitriles is 1. The maximum atomic E-state index is 11.8. The standard InChI is InChI=1S/C12H17N3OS/c1-5-9-6-14-10(17-9)8(2)15-11(16)12(3,4)7-13/h6,8H,5H2,1-4H3,(H,15,16). The third-order valence-electron chi connectivity index (χ3n) is 2.49. The van der Waals surface area contributed by atoms with Gasteiger partial charge in [0.25, 0.3) is 0 Å². The average molecular weight is 251 g/mol. The number of aryl methyl sites for hydroxylation is 1. The Morgan fingerprint density at radius 3 is 2.82 bits per heavy atom. The number of hydrogen-bond acceptors (Lipinski definition) is 4. The van der Waals surface area contributed by atoms with Crippen molar-refractivity contribution in [1.29, 1.82) is 5.26 Å². The summed E-state index contributed by atoms with van der Waals surface area (Å²) in [5, 5.41) is 12.6. The van der Waals surface area contributed by atoms with Crippen LogP contribution in [0.3, 0.4) is 0 Å². The summed E-state index contributed by atoms with van der Waals surface area (Å²) >= 11 is 1.59. The lowest BCUT2D eigenvalue weighted by atomic mass is 9.94. The van der Waals surface area contributed by atoms with E-state index in [0.717, 1.165) is 11.4 Å². The zero-order chi connectivity index (χ0) is 13.1. The first-order valence-electron chi connectivity index (χ1n) is 5.57. The van der Waals surface area contributed by atoms with Gasteiger partial charge < -0.3 is 5.32 Å². The van der Waals surface area contributed by atoms with Crippen LogP contribution in [0.25, 0.3) is 0 Å². The molecule has 1 N–H and O–H groups in total. The topological polar surface area (TPSA) is 65.8 Å². The number of aromatic nitrogens is 1. The van der Waals surface area contributed by atoms with Crippen LogP contribution in [0.5, 0.6) is 0 Å². The van der Waals surface area contributed by atoms with Crippen LogP contribution < -0.4 is 5.32 Å². The molecule has 1 aromatic heterocycles. The molecular weight excluding hydrogens is 234 g/mol. The lowest BCUT2D eigenvalue weighted by molar-refractivity contribution is -0.127. The van der Waals surface area contributed by atoms with E-state index in [1.165, 1.54) is 4.88 Å². The molecule has 4 nitrogen and oxygen atoms in total. The van der Waals surface area contributed by atoms with E-state index < -0.39 is 5.41 Å². The van der Waals surface area contributed by atoms with Crippen molar-refractivity contribution in [3.05, 3.63) is 16.1 Å². The molecule has 1 amide bonds. The monoisotopic (exact) mass is 251 g/mol. The van der Waals surface area contributed by atoms with Crippen LogP contribution in [0, 0.1) is 16.7 Å². The molecular formula is C12H17N3OS. The van der Waals surface area contributed by atoms with E-state index in [1.807, 2.05) is 19.2 Å². The Kier molecular flexibility index (Phi) is 4.24. The minimum atomic E-state index is -1.00. The Bertz CT molecular complexity index is 445. The second-order valence-corrected chi connectivity index (χ2v) is 5.60. The van der Waals surface area contributed by atoms with Crippen molar-refractivity contribution in [3.63, 3.8) is 0 Å². The third kappa shape index (κ3) is 3.27. The summed E-state index contributed by atoms with van der Waals surface area (Å²) in [6.07, 6.45) is 2.78. The van der Waals surface area contributed by atoms with Crippen molar-refractivity contribution in [2.75, 3.05) is 0 Å². The number of nitrogens with one attached hydrogen (secondary N) is 1. The first kappa shape index (κ1) is 13.7. The fourth-order valence-corrected chi connectivity index (χ4v) is 2.04. The molecule has 1 aromatic rings. The zero-order valence-corrected chi connectivity index (χ0v) is 11.4. The Balaban J connectivity index is 2.70. The largest absolute Gasteiger partial charge is 0.346 e.